The van der Waals surface area contributed by atoms with Crippen LogP contribution in [0.2, 0.25) is 5.02 Å². The number of hydrogen-bond donors (Lipinski definition) is 0. The van der Waals surface area contributed by atoms with Gasteiger partial charge < -0.3 is 4.52 Å². The van der Waals surface area contributed by atoms with Crippen molar-refractivity contribution < 1.29 is 8.73 Å². The summed E-state index contributed by atoms with van der Waals surface area (Å²) in [7, 11) is -1.13. The lowest BCUT2D eigenvalue weighted by Gasteiger charge is -2.00. The number of rotatable bonds is 5. The number of halogens is 1. The largest absolute Gasteiger partial charge is 0.338 e. The SMILES string of the molecule is Cc1ccc(-c2noc(CS(=O)Cc3cccc(Cl)c3)n2)cc1. The molecule has 23 heavy (non-hydrogen) atoms. The van der Waals surface area contributed by atoms with Gasteiger partial charge in [-0.1, -0.05) is 58.7 Å². The highest BCUT2D eigenvalue weighted by Gasteiger charge is 2.12. The van der Waals surface area contributed by atoms with Crippen molar-refractivity contribution in [2.24, 2.45) is 0 Å². The Morgan fingerprint density at radius 3 is 2.65 bits per heavy atom. The van der Waals surface area contributed by atoms with Gasteiger partial charge in [0.25, 0.3) is 0 Å². The maximum absolute atomic E-state index is 12.2. The van der Waals surface area contributed by atoms with Crippen LogP contribution in [0.15, 0.2) is 53.1 Å². The van der Waals surface area contributed by atoms with Crippen molar-refractivity contribution in [2.75, 3.05) is 0 Å². The Morgan fingerprint density at radius 1 is 1.13 bits per heavy atom. The zero-order valence-electron chi connectivity index (χ0n) is 12.5. The minimum Gasteiger partial charge on any atom is -0.338 e. The summed E-state index contributed by atoms with van der Waals surface area (Å²) in [5.74, 6) is 1.52. The van der Waals surface area contributed by atoms with Crippen molar-refractivity contribution in [1.29, 1.82) is 0 Å². The molecular formula is C17H15ClN2O2S. The molecule has 0 radical (unpaired) electrons. The van der Waals surface area contributed by atoms with Gasteiger partial charge in [0, 0.05) is 27.1 Å². The molecule has 0 aliphatic carbocycles. The molecule has 4 nitrogen and oxygen atoms in total. The van der Waals surface area contributed by atoms with E-state index in [9.17, 15) is 4.21 Å². The van der Waals surface area contributed by atoms with Crippen molar-refractivity contribution >= 4 is 22.4 Å². The molecule has 6 heteroatoms. The molecule has 1 atom stereocenters. The molecule has 1 heterocycles. The maximum atomic E-state index is 12.2. The molecule has 3 aromatic rings. The Kier molecular flexibility index (Phi) is 4.88. The van der Waals surface area contributed by atoms with E-state index in [0.717, 1.165) is 11.1 Å². The number of aryl methyl sites for hydroxylation is 1. The fourth-order valence-electron chi connectivity index (χ4n) is 2.13. The normalized spacial score (nSPS) is 12.3. The lowest BCUT2D eigenvalue weighted by Crippen LogP contribution is -1.99. The molecular weight excluding hydrogens is 332 g/mol. The van der Waals surface area contributed by atoms with Gasteiger partial charge in [-0.3, -0.25) is 4.21 Å². The lowest BCUT2D eigenvalue weighted by molar-refractivity contribution is 0.390. The minimum atomic E-state index is -1.13. The molecule has 0 aliphatic heterocycles. The molecule has 118 valence electrons. The quantitative estimate of drug-likeness (QED) is 0.696. The maximum Gasteiger partial charge on any atom is 0.239 e. The molecule has 0 saturated heterocycles. The van der Waals surface area contributed by atoms with Gasteiger partial charge >= 0.3 is 0 Å². The summed E-state index contributed by atoms with van der Waals surface area (Å²) >= 11 is 5.93. The van der Waals surface area contributed by atoms with E-state index in [1.54, 1.807) is 6.07 Å². The van der Waals surface area contributed by atoms with E-state index in [2.05, 4.69) is 10.1 Å². The second-order valence-electron chi connectivity index (χ2n) is 5.24. The van der Waals surface area contributed by atoms with Gasteiger partial charge in [-0.25, -0.2) is 0 Å². The third-order valence-electron chi connectivity index (χ3n) is 3.28. The molecule has 2 aromatic carbocycles. The first-order chi connectivity index (χ1) is 11.1. The minimum absolute atomic E-state index is 0.228. The van der Waals surface area contributed by atoms with Crippen LogP contribution in [0.4, 0.5) is 0 Å². The van der Waals surface area contributed by atoms with Crippen LogP contribution < -0.4 is 0 Å². The third-order valence-corrected chi connectivity index (χ3v) is 4.74. The van der Waals surface area contributed by atoms with Gasteiger partial charge in [-0.2, -0.15) is 4.98 Å². The van der Waals surface area contributed by atoms with Gasteiger partial charge in [-0.05, 0) is 24.6 Å². The van der Waals surface area contributed by atoms with Crippen LogP contribution >= 0.6 is 11.6 Å². The lowest BCUT2D eigenvalue weighted by atomic mass is 10.1. The fraction of sp³-hybridized carbons (Fsp3) is 0.176. The van der Waals surface area contributed by atoms with Crippen molar-refractivity contribution in [3.05, 3.63) is 70.6 Å². The zero-order chi connectivity index (χ0) is 16.2. The third kappa shape index (κ3) is 4.27. The summed E-state index contributed by atoms with van der Waals surface area (Å²) in [5.41, 5.74) is 2.97. The first-order valence-electron chi connectivity index (χ1n) is 7.09. The molecule has 3 rings (SSSR count). The molecule has 0 aliphatic rings. The van der Waals surface area contributed by atoms with Gasteiger partial charge in [0.15, 0.2) is 0 Å². The van der Waals surface area contributed by atoms with Crippen LogP contribution in [0.1, 0.15) is 17.0 Å². The number of benzene rings is 2. The van der Waals surface area contributed by atoms with E-state index in [4.69, 9.17) is 16.1 Å². The molecule has 0 spiro atoms. The predicted molar refractivity (Wildman–Crippen MR) is 91.5 cm³/mol. The predicted octanol–water partition coefficient (Wildman–Crippen LogP) is 4.15. The van der Waals surface area contributed by atoms with E-state index < -0.39 is 10.8 Å². The molecule has 1 aromatic heterocycles. The first-order valence-corrected chi connectivity index (χ1v) is 8.96. The summed E-state index contributed by atoms with van der Waals surface area (Å²) < 4.78 is 17.4. The Morgan fingerprint density at radius 2 is 1.91 bits per heavy atom. The highest BCUT2D eigenvalue weighted by atomic mass is 35.5. The monoisotopic (exact) mass is 346 g/mol. The van der Waals surface area contributed by atoms with Crippen LogP contribution in [0.5, 0.6) is 0 Å². The molecule has 1 unspecified atom stereocenters. The summed E-state index contributed by atoms with van der Waals surface area (Å²) in [6, 6.07) is 15.2. The fourth-order valence-corrected chi connectivity index (χ4v) is 3.39. The van der Waals surface area contributed by atoms with E-state index in [0.29, 0.717) is 22.5 Å². The average Bonchev–Trinajstić information content (AvgIpc) is 2.96. The second kappa shape index (κ2) is 7.06. The number of nitrogens with zero attached hydrogens (tertiary/aromatic N) is 2. The van der Waals surface area contributed by atoms with E-state index in [1.165, 1.54) is 5.56 Å². The van der Waals surface area contributed by atoms with Crippen molar-refractivity contribution in [3.63, 3.8) is 0 Å². The molecule has 0 saturated carbocycles. The molecule has 0 amide bonds. The summed E-state index contributed by atoms with van der Waals surface area (Å²) in [6.45, 7) is 2.02. The first kappa shape index (κ1) is 15.9. The van der Waals surface area contributed by atoms with Gasteiger partial charge in [0.05, 0.1) is 0 Å². The highest BCUT2D eigenvalue weighted by Crippen LogP contribution is 2.18. The van der Waals surface area contributed by atoms with E-state index in [1.807, 2.05) is 49.4 Å². The van der Waals surface area contributed by atoms with Crippen LogP contribution in [0, 0.1) is 6.92 Å². The van der Waals surface area contributed by atoms with Gasteiger partial charge in [0.1, 0.15) is 5.75 Å². The van der Waals surface area contributed by atoms with Crippen LogP contribution in [-0.4, -0.2) is 14.3 Å². The second-order valence-corrected chi connectivity index (χ2v) is 7.13. The zero-order valence-corrected chi connectivity index (χ0v) is 14.1. The smallest absolute Gasteiger partial charge is 0.239 e. The number of aromatic nitrogens is 2. The van der Waals surface area contributed by atoms with Gasteiger partial charge in [-0.15, -0.1) is 0 Å². The summed E-state index contributed by atoms with van der Waals surface area (Å²) in [5, 5.41) is 4.59. The Balaban J connectivity index is 1.66. The molecule has 0 N–H and O–H groups in total. The van der Waals surface area contributed by atoms with Crippen molar-refractivity contribution in [2.45, 2.75) is 18.4 Å². The molecule has 0 bridgehead atoms. The average molecular weight is 347 g/mol. The summed E-state index contributed by atoms with van der Waals surface area (Å²) in [4.78, 5) is 4.31. The van der Waals surface area contributed by atoms with E-state index in [-0.39, 0.29) is 5.75 Å². The van der Waals surface area contributed by atoms with Crippen molar-refractivity contribution in [3.8, 4) is 11.4 Å². The standard InChI is InChI=1S/C17H15ClN2O2S/c1-12-5-7-14(8-6-12)17-19-16(22-20-17)11-23(21)10-13-3-2-4-15(18)9-13/h2-9H,10-11H2,1H3. The van der Waals surface area contributed by atoms with Crippen LogP contribution in [0.25, 0.3) is 11.4 Å². The number of hydrogen-bond acceptors (Lipinski definition) is 4. The highest BCUT2D eigenvalue weighted by molar-refractivity contribution is 7.83. The Hall–Kier alpha value is -1.98. The van der Waals surface area contributed by atoms with Gasteiger partial charge in [0.2, 0.25) is 11.7 Å². The topological polar surface area (TPSA) is 56.0 Å². The van der Waals surface area contributed by atoms with Crippen molar-refractivity contribution in [1.82, 2.24) is 10.1 Å². The Labute approximate surface area is 142 Å². The van der Waals surface area contributed by atoms with E-state index >= 15 is 0 Å². The Bertz CT molecular complexity index is 831. The molecule has 0 fully saturated rings. The van der Waals surface area contributed by atoms with Crippen LogP contribution in [0.3, 0.4) is 0 Å². The summed E-state index contributed by atoms with van der Waals surface area (Å²) in [6.07, 6.45) is 0. The van der Waals surface area contributed by atoms with Crippen LogP contribution in [-0.2, 0) is 22.3 Å².